The number of halogens is 2. The normalized spacial score (nSPS) is 12.4. The van der Waals surface area contributed by atoms with E-state index in [2.05, 4.69) is 20.5 Å². The molecule has 2 aromatic heterocycles. The van der Waals surface area contributed by atoms with Crippen LogP contribution in [0.15, 0.2) is 12.4 Å². The van der Waals surface area contributed by atoms with Gasteiger partial charge < -0.3 is 15.6 Å². The van der Waals surface area contributed by atoms with Crippen molar-refractivity contribution < 1.29 is 0 Å². The van der Waals surface area contributed by atoms with Gasteiger partial charge in [-0.2, -0.15) is 0 Å². The number of rotatable bonds is 3. The first kappa shape index (κ1) is 12.9. The lowest BCUT2D eigenvalue weighted by Crippen LogP contribution is -2.13. The summed E-state index contributed by atoms with van der Waals surface area (Å²) in [5.41, 5.74) is 5.64. The highest BCUT2D eigenvalue weighted by Gasteiger charge is 2.14. The van der Waals surface area contributed by atoms with Gasteiger partial charge in [0.15, 0.2) is 5.82 Å². The summed E-state index contributed by atoms with van der Waals surface area (Å²) in [6.07, 6.45) is 1.62. The van der Waals surface area contributed by atoms with Gasteiger partial charge in [-0.25, -0.2) is 4.98 Å². The largest absolute Gasteiger partial charge is 0.382 e. The van der Waals surface area contributed by atoms with Crippen molar-refractivity contribution in [1.29, 1.82) is 0 Å². The van der Waals surface area contributed by atoms with Gasteiger partial charge in [0.1, 0.15) is 18.0 Å². The molecule has 0 saturated carbocycles. The predicted octanol–water partition coefficient (Wildman–Crippen LogP) is 2.27. The van der Waals surface area contributed by atoms with Gasteiger partial charge in [-0.05, 0) is 13.0 Å². The molecule has 3 N–H and O–H groups in total. The fourth-order valence-corrected chi connectivity index (χ4v) is 1.95. The molecule has 0 aliphatic carbocycles. The summed E-state index contributed by atoms with van der Waals surface area (Å²) in [5.74, 6) is 1.46. The minimum absolute atomic E-state index is 0.108. The average Bonchev–Trinajstić information content (AvgIpc) is 2.72. The Balaban J connectivity index is 2.24. The molecular weight excluding hydrogens is 275 g/mol. The van der Waals surface area contributed by atoms with E-state index in [4.69, 9.17) is 28.9 Å². The minimum atomic E-state index is -0.108. The van der Waals surface area contributed by atoms with Crippen LogP contribution in [-0.4, -0.2) is 19.7 Å². The predicted molar refractivity (Wildman–Crippen MR) is 71.7 cm³/mol. The first-order valence-corrected chi connectivity index (χ1v) is 5.96. The second-order valence-electron chi connectivity index (χ2n) is 3.85. The van der Waals surface area contributed by atoms with Gasteiger partial charge in [0.05, 0.1) is 16.1 Å². The number of anilines is 2. The van der Waals surface area contributed by atoms with E-state index in [1.807, 2.05) is 18.5 Å². The molecule has 1 atom stereocenters. The van der Waals surface area contributed by atoms with E-state index >= 15 is 0 Å². The Bertz CT molecular complexity index is 567. The number of nitrogens with two attached hydrogens (primary N) is 1. The maximum Gasteiger partial charge on any atom is 0.154 e. The van der Waals surface area contributed by atoms with Gasteiger partial charge in [-0.3, -0.25) is 0 Å². The molecule has 18 heavy (non-hydrogen) atoms. The molecule has 0 saturated heterocycles. The molecule has 0 aliphatic heterocycles. The third-order valence-electron chi connectivity index (χ3n) is 2.44. The van der Waals surface area contributed by atoms with Crippen LogP contribution in [0.3, 0.4) is 0 Å². The first-order chi connectivity index (χ1) is 8.49. The van der Waals surface area contributed by atoms with Gasteiger partial charge in [0.25, 0.3) is 0 Å². The summed E-state index contributed by atoms with van der Waals surface area (Å²) < 4.78 is 1.81. The Morgan fingerprint density at radius 1 is 1.39 bits per heavy atom. The van der Waals surface area contributed by atoms with Gasteiger partial charge in [0, 0.05) is 7.05 Å². The van der Waals surface area contributed by atoms with E-state index in [0.717, 1.165) is 5.82 Å². The standard InChI is InChI=1S/C10H12Cl2N6/c1-5(10-17-14-4-18(10)2)15-9-7(12)3-6(11)8(13)16-9/h3-5H,1-2H3,(H3,13,15,16). The molecule has 6 nitrogen and oxygen atoms in total. The van der Waals surface area contributed by atoms with Crippen LogP contribution in [-0.2, 0) is 7.05 Å². The topological polar surface area (TPSA) is 81.7 Å². The van der Waals surface area contributed by atoms with Crippen LogP contribution in [0.1, 0.15) is 18.8 Å². The summed E-state index contributed by atoms with van der Waals surface area (Å²) in [5, 5.41) is 11.7. The highest BCUT2D eigenvalue weighted by molar-refractivity contribution is 6.37. The Hall–Kier alpha value is -1.53. The van der Waals surface area contributed by atoms with Crippen molar-refractivity contribution in [3.63, 3.8) is 0 Å². The Morgan fingerprint density at radius 3 is 2.72 bits per heavy atom. The van der Waals surface area contributed by atoms with E-state index < -0.39 is 0 Å². The molecule has 2 heterocycles. The zero-order chi connectivity index (χ0) is 13.3. The number of hydrogen-bond acceptors (Lipinski definition) is 5. The third kappa shape index (κ3) is 2.49. The van der Waals surface area contributed by atoms with Crippen molar-refractivity contribution in [3.8, 4) is 0 Å². The van der Waals surface area contributed by atoms with Crippen molar-refractivity contribution in [2.75, 3.05) is 11.1 Å². The molecule has 0 fully saturated rings. The van der Waals surface area contributed by atoms with E-state index in [9.17, 15) is 0 Å². The fourth-order valence-electron chi connectivity index (χ4n) is 1.54. The SMILES string of the molecule is CC(Nc1nc(N)c(Cl)cc1Cl)c1nncn1C. The summed E-state index contributed by atoms with van der Waals surface area (Å²) in [6, 6.07) is 1.44. The van der Waals surface area contributed by atoms with Crippen molar-refractivity contribution in [3.05, 3.63) is 28.3 Å². The molecule has 0 radical (unpaired) electrons. The van der Waals surface area contributed by atoms with Crippen LogP contribution in [0.4, 0.5) is 11.6 Å². The quantitative estimate of drug-likeness (QED) is 0.905. The zero-order valence-corrected chi connectivity index (χ0v) is 11.4. The van der Waals surface area contributed by atoms with Gasteiger partial charge in [-0.15, -0.1) is 10.2 Å². The van der Waals surface area contributed by atoms with E-state index in [-0.39, 0.29) is 11.9 Å². The first-order valence-electron chi connectivity index (χ1n) is 5.21. The lowest BCUT2D eigenvalue weighted by molar-refractivity contribution is 0.716. The van der Waals surface area contributed by atoms with Crippen molar-refractivity contribution >= 4 is 34.8 Å². The van der Waals surface area contributed by atoms with Crippen LogP contribution in [0, 0.1) is 0 Å². The number of aromatic nitrogens is 4. The monoisotopic (exact) mass is 286 g/mol. The zero-order valence-electron chi connectivity index (χ0n) is 9.85. The summed E-state index contributed by atoms with van der Waals surface area (Å²) in [6.45, 7) is 1.92. The second-order valence-corrected chi connectivity index (χ2v) is 4.67. The summed E-state index contributed by atoms with van der Waals surface area (Å²) in [7, 11) is 1.86. The Morgan fingerprint density at radius 2 is 2.11 bits per heavy atom. The number of aryl methyl sites for hydroxylation is 1. The van der Waals surface area contributed by atoms with E-state index in [0.29, 0.717) is 15.9 Å². The highest BCUT2D eigenvalue weighted by atomic mass is 35.5. The van der Waals surface area contributed by atoms with Crippen LogP contribution < -0.4 is 11.1 Å². The van der Waals surface area contributed by atoms with Crippen LogP contribution in [0.5, 0.6) is 0 Å². The fraction of sp³-hybridized carbons (Fsp3) is 0.300. The Labute approximate surface area is 114 Å². The lowest BCUT2D eigenvalue weighted by atomic mass is 10.3. The van der Waals surface area contributed by atoms with E-state index in [1.54, 1.807) is 12.4 Å². The van der Waals surface area contributed by atoms with Gasteiger partial charge >= 0.3 is 0 Å². The summed E-state index contributed by atoms with van der Waals surface area (Å²) >= 11 is 11.9. The molecule has 0 amide bonds. The molecule has 0 aromatic carbocycles. The molecule has 8 heteroatoms. The van der Waals surface area contributed by atoms with Crippen LogP contribution >= 0.6 is 23.2 Å². The molecule has 96 valence electrons. The van der Waals surface area contributed by atoms with Gasteiger partial charge in [0.2, 0.25) is 0 Å². The van der Waals surface area contributed by atoms with Gasteiger partial charge in [-0.1, -0.05) is 23.2 Å². The van der Waals surface area contributed by atoms with Crippen molar-refractivity contribution in [2.24, 2.45) is 7.05 Å². The Kier molecular flexibility index (Phi) is 3.58. The number of nitrogen functional groups attached to an aromatic ring is 1. The molecule has 2 aromatic rings. The number of hydrogen-bond donors (Lipinski definition) is 2. The van der Waals surface area contributed by atoms with E-state index in [1.165, 1.54) is 0 Å². The molecular formula is C10H12Cl2N6. The molecule has 2 rings (SSSR count). The minimum Gasteiger partial charge on any atom is -0.382 e. The molecule has 0 spiro atoms. The van der Waals surface area contributed by atoms with Crippen LogP contribution in [0.25, 0.3) is 0 Å². The van der Waals surface area contributed by atoms with Crippen molar-refractivity contribution in [2.45, 2.75) is 13.0 Å². The highest BCUT2D eigenvalue weighted by Crippen LogP contribution is 2.29. The molecule has 0 aliphatic rings. The average molecular weight is 287 g/mol. The number of pyridine rings is 1. The maximum absolute atomic E-state index is 6.04. The van der Waals surface area contributed by atoms with Crippen molar-refractivity contribution in [1.82, 2.24) is 19.7 Å². The summed E-state index contributed by atoms with van der Waals surface area (Å²) in [4.78, 5) is 4.10. The maximum atomic E-state index is 6.04. The molecule has 1 unspecified atom stereocenters. The smallest absolute Gasteiger partial charge is 0.154 e. The lowest BCUT2D eigenvalue weighted by Gasteiger charge is -2.15. The second kappa shape index (κ2) is 4.99. The molecule has 0 bridgehead atoms. The third-order valence-corrected chi connectivity index (χ3v) is 3.03. The van der Waals surface area contributed by atoms with Crippen LogP contribution in [0.2, 0.25) is 10.0 Å². The number of nitrogens with zero attached hydrogens (tertiary/aromatic N) is 4. The number of nitrogens with one attached hydrogen (secondary N) is 1.